The summed E-state index contributed by atoms with van der Waals surface area (Å²) in [6, 6.07) is 11.5. The Morgan fingerprint density at radius 1 is 1.05 bits per heavy atom. The van der Waals surface area contributed by atoms with Crippen LogP contribution < -0.4 is 19.7 Å². The largest absolute Gasteiger partial charge is 0.493 e. The minimum Gasteiger partial charge on any atom is -0.493 e. The van der Waals surface area contributed by atoms with Crippen molar-refractivity contribution in [1.82, 2.24) is 14.6 Å². The lowest BCUT2D eigenvalue weighted by Crippen LogP contribution is -2.48. The fourth-order valence-corrected chi connectivity index (χ4v) is 5.68. The number of urea groups is 1. The predicted molar refractivity (Wildman–Crippen MR) is 144 cm³/mol. The van der Waals surface area contributed by atoms with Gasteiger partial charge >= 0.3 is 6.03 Å². The molecule has 2 aromatic carbocycles. The van der Waals surface area contributed by atoms with Crippen LogP contribution in [0.3, 0.4) is 0 Å². The highest BCUT2D eigenvalue weighted by molar-refractivity contribution is 7.88. The number of sulfonamides is 1. The second-order valence-electron chi connectivity index (χ2n) is 9.17. The molecule has 4 rings (SSSR count). The molecule has 2 heterocycles. The molecule has 0 bridgehead atoms. The molecule has 1 atom stereocenters. The van der Waals surface area contributed by atoms with Gasteiger partial charge in [0.15, 0.2) is 11.5 Å². The van der Waals surface area contributed by atoms with Gasteiger partial charge in [-0.25, -0.2) is 18.2 Å². The molecule has 0 radical (unpaired) electrons. The number of piperazine rings is 1. The van der Waals surface area contributed by atoms with E-state index in [4.69, 9.17) is 14.6 Å². The van der Waals surface area contributed by atoms with Gasteiger partial charge in [-0.3, -0.25) is 0 Å². The number of nitrogens with one attached hydrogen (secondary N) is 1. The number of amides is 2. The lowest BCUT2D eigenvalue weighted by atomic mass is 9.93. The third-order valence-electron chi connectivity index (χ3n) is 6.98. The van der Waals surface area contributed by atoms with E-state index in [9.17, 15) is 13.2 Å². The van der Waals surface area contributed by atoms with Crippen molar-refractivity contribution < 1.29 is 22.7 Å². The van der Waals surface area contributed by atoms with E-state index in [-0.39, 0.29) is 12.1 Å². The van der Waals surface area contributed by atoms with Crippen LogP contribution in [-0.4, -0.2) is 89.2 Å². The van der Waals surface area contributed by atoms with Gasteiger partial charge in [-0.2, -0.15) is 9.41 Å². The van der Waals surface area contributed by atoms with E-state index in [0.717, 1.165) is 28.8 Å². The molecule has 2 aromatic rings. The van der Waals surface area contributed by atoms with E-state index in [0.29, 0.717) is 49.8 Å². The van der Waals surface area contributed by atoms with Crippen molar-refractivity contribution in [3.63, 3.8) is 0 Å². The summed E-state index contributed by atoms with van der Waals surface area (Å²) in [6.07, 6.45) is 2.60. The molecule has 1 N–H and O–H groups in total. The molecule has 10 nitrogen and oxygen atoms in total. The van der Waals surface area contributed by atoms with Crippen LogP contribution in [0.5, 0.6) is 11.5 Å². The molecule has 1 saturated heterocycles. The Bertz CT molecular complexity index is 1270. The summed E-state index contributed by atoms with van der Waals surface area (Å²) in [7, 11) is 1.63. The predicted octanol–water partition coefficient (Wildman–Crippen LogP) is 2.51. The van der Waals surface area contributed by atoms with Gasteiger partial charge < -0.3 is 19.7 Å². The Morgan fingerprint density at radius 3 is 2.22 bits per heavy atom. The van der Waals surface area contributed by atoms with Crippen LogP contribution in [0, 0.1) is 0 Å². The number of hydrogen-bond acceptors (Lipinski definition) is 7. The SMILES string of the molecule is CC[C@H]1Cc2cc(OC)c(OC)cc2C(c2ccc(N3CCN(S(C)(=O)=O)CC3)cc2)=NN1C(=O)NC. The summed E-state index contributed by atoms with van der Waals surface area (Å²) in [4.78, 5) is 15.0. The maximum absolute atomic E-state index is 12.8. The monoisotopic (exact) mass is 529 g/mol. The number of benzene rings is 2. The molecule has 0 aromatic heterocycles. The molecule has 200 valence electrons. The first-order valence-electron chi connectivity index (χ1n) is 12.4. The van der Waals surface area contributed by atoms with Crippen molar-refractivity contribution in [2.24, 2.45) is 5.10 Å². The zero-order chi connectivity index (χ0) is 26.7. The molecule has 0 saturated carbocycles. The Balaban J connectivity index is 1.73. The highest BCUT2D eigenvalue weighted by atomic mass is 32.2. The van der Waals surface area contributed by atoms with Crippen LogP contribution >= 0.6 is 0 Å². The summed E-state index contributed by atoms with van der Waals surface area (Å²) in [5.74, 6) is 1.23. The van der Waals surface area contributed by atoms with Crippen LogP contribution in [0.15, 0.2) is 41.5 Å². The van der Waals surface area contributed by atoms with Crippen molar-refractivity contribution in [2.75, 3.05) is 58.6 Å². The highest BCUT2D eigenvalue weighted by Crippen LogP contribution is 2.35. The van der Waals surface area contributed by atoms with Crippen LogP contribution in [0.4, 0.5) is 10.5 Å². The zero-order valence-corrected chi connectivity index (χ0v) is 22.8. The number of nitrogens with zero attached hydrogens (tertiary/aromatic N) is 4. The highest BCUT2D eigenvalue weighted by Gasteiger charge is 2.30. The van der Waals surface area contributed by atoms with Gasteiger partial charge in [-0.05, 0) is 42.7 Å². The van der Waals surface area contributed by atoms with E-state index in [1.54, 1.807) is 21.3 Å². The van der Waals surface area contributed by atoms with E-state index >= 15 is 0 Å². The van der Waals surface area contributed by atoms with Crippen molar-refractivity contribution in [3.8, 4) is 11.5 Å². The van der Waals surface area contributed by atoms with E-state index in [1.165, 1.54) is 15.6 Å². The maximum atomic E-state index is 12.8. The van der Waals surface area contributed by atoms with Crippen LogP contribution in [-0.2, 0) is 16.4 Å². The number of hydrogen-bond donors (Lipinski definition) is 1. The summed E-state index contributed by atoms with van der Waals surface area (Å²) >= 11 is 0. The topological polar surface area (TPSA) is 104 Å². The quantitative estimate of drug-likeness (QED) is 0.617. The molecular weight excluding hydrogens is 494 g/mol. The molecule has 2 amide bonds. The number of rotatable bonds is 6. The van der Waals surface area contributed by atoms with Crippen molar-refractivity contribution >= 4 is 27.5 Å². The van der Waals surface area contributed by atoms with E-state index < -0.39 is 10.0 Å². The molecule has 2 aliphatic rings. The van der Waals surface area contributed by atoms with Gasteiger partial charge in [-0.1, -0.05) is 19.1 Å². The lowest BCUT2D eigenvalue weighted by molar-refractivity contribution is 0.177. The van der Waals surface area contributed by atoms with Crippen LogP contribution in [0.2, 0.25) is 0 Å². The Hall–Kier alpha value is -3.31. The molecular formula is C26H35N5O5S. The number of hydrazone groups is 1. The van der Waals surface area contributed by atoms with E-state index in [2.05, 4.69) is 10.2 Å². The van der Waals surface area contributed by atoms with Gasteiger partial charge in [0.2, 0.25) is 10.0 Å². The van der Waals surface area contributed by atoms with E-state index in [1.807, 2.05) is 43.3 Å². The number of anilines is 1. The first kappa shape index (κ1) is 26.7. The number of fused-ring (bicyclic) bond motifs is 1. The molecule has 0 aliphatic carbocycles. The van der Waals surface area contributed by atoms with Gasteiger partial charge in [0, 0.05) is 50.0 Å². The number of ether oxygens (including phenoxy) is 2. The fraction of sp³-hybridized carbons (Fsp3) is 0.462. The standard InChI is InChI=1S/C26H35N5O5S/c1-6-20-15-19-16-23(35-3)24(36-4)17-22(19)25(28-31(20)26(32)27-2)18-7-9-21(10-8-18)29-11-13-30(14-12-29)37(5,33)34/h7-10,16-17,20H,6,11-15H2,1-5H3,(H,27,32)/t20-/m0/s1. The summed E-state index contributed by atoms with van der Waals surface area (Å²) in [6.45, 7) is 4.20. The molecule has 0 unspecified atom stereocenters. The average molecular weight is 530 g/mol. The number of methoxy groups -OCH3 is 2. The second kappa shape index (κ2) is 11.0. The Labute approximate surface area is 218 Å². The minimum atomic E-state index is -3.18. The van der Waals surface area contributed by atoms with Gasteiger partial charge in [0.25, 0.3) is 0 Å². The van der Waals surface area contributed by atoms with Gasteiger partial charge in [-0.15, -0.1) is 0 Å². The third kappa shape index (κ3) is 5.52. The van der Waals surface area contributed by atoms with Crippen LogP contribution in [0.25, 0.3) is 0 Å². The fourth-order valence-electron chi connectivity index (χ4n) is 4.86. The normalized spacial score (nSPS) is 18.5. The number of carbonyl (C=O) groups is 1. The second-order valence-corrected chi connectivity index (χ2v) is 11.2. The van der Waals surface area contributed by atoms with Gasteiger partial charge in [0.1, 0.15) is 0 Å². The zero-order valence-electron chi connectivity index (χ0n) is 22.0. The maximum Gasteiger partial charge on any atom is 0.337 e. The molecule has 11 heteroatoms. The molecule has 2 aliphatic heterocycles. The third-order valence-corrected chi connectivity index (χ3v) is 8.28. The first-order chi connectivity index (χ1) is 17.7. The number of carbonyl (C=O) groups excluding carboxylic acids is 1. The lowest BCUT2D eigenvalue weighted by Gasteiger charge is -2.34. The van der Waals surface area contributed by atoms with Crippen molar-refractivity contribution in [2.45, 2.75) is 25.8 Å². The molecule has 1 fully saturated rings. The Morgan fingerprint density at radius 2 is 1.68 bits per heavy atom. The Kier molecular flexibility index (Phi) is 7.93. The smallest absolute Gasteiger partial charge is 0.337 e. The van der Waals surface area contributed by atoms with Crippen LogP contribution in [0.1, 0.15) is 30.0 Å². The summed E-state index contributed by atoms with van der Waals surface area (Å²) in [5, 5.41) is 9.12. The molecule has 37 heavy (non-hydrogen) atoms. The van der Waals surface area contributed by atoms with Gasteiger partial charge in [0.05, 0.1) is 32.2 Å². The average Bonchev–Trinajstić information content (AvgIpc) is 3.07. The van der Waals surface area contributed by atoms with Crippen molar-refractivity contribution in [3.05, 3.63) is 53.1 Å². The summed E-state index contributed by atoms with van der Waals surface area (Å²) in [5.41, 5.74) is 4.45. The first-order valence-corrected chi connectivity index (χ1v) is 14.2. The summed E-state index contributed by atoms with van der Waals surface area (Å²) < 4.78 is 36.3. The molecule has 0 spiro atoms. The van der Waals surface area contributed by atoms with Crippen molar-refractivity contribution in [1.29, 1.82) is 0 Å². The minimum absolute atomic E-state index is 0.125.